The largest absolute Gasteiger partial charge is 0.348 e. The molecule has 26 heavy (non-hydrogen) atoms. The van der Waals surface area contributed by atoms with E-state index in [1.165, 1.54) is 5.56 Å². The molecule has 0 aromatic heterocycles. The number of benzene rings is 2. The van der Waals surface area contributed by atoms with Crippen LogP contribution < -0.4 is 11.1 Å². The molecule has 3 rings (SSSR count). The Morgan fingerprint density at radius 2 is 1.88 bits per heavy atom. The molecule has 3 N–H and O–H groups in total. The number of nitrogens with zero attached hydrogens (tertiary/aromatic N) is 1. The summed E-state index contributed by atoms with van der Waals surface area (Å²) in [5.41, 5.74) is 8.22. The van der Waals surface area contributed by atoms with Crippen molar-refractivity contribution in [2.24, 2.45) is 11.7 Å². The molecule has 1 amide bonds. The third-order valence-electron chi connectivity index (χ3n) is 5.16. The molecule has 4 nitrogen and oxygen atoms in total. The molecule has 2 aromatic rings. The zero-order chi connectivity index (χ0) is 18.5. The van der Waals surface area contributed by atoms with Gasteiger partial charge in [0.2, 0.25) is 5.91 Å². The molecular formula is C21H26ClN3O. The zero-order valence-electron chi connectivity index (χ0n) is 15.1. The fourth-order valence-electron chi connectivity index (χ4n) is 3.80. The van der Waals surface area contributed by atoms with E-state index in [0.29, 0.717) is 29.9 Å². The average molecular weight is 372 g/mol. The number of hydrogen-bond acceptors (Lipinski definition) is 3. The number of carbonyl (C=O) groups is 1. The van der Waals surface area contributed by atoms with Crippen LogP contribution in [0.3, 0.4) is 0 Å². The summed E-state index contributed by atoms with van der Waals surface area (Å²) in [7, 11) is 0. The van der Waals surface area contributed by atoms with Crippen LogP contribution in [-0.4, -0.2) is 37.0 Å². The third-order valence-corrected chi connectivity index (χ3v) is 5.51. The summed E-state index contributed by atoms with van der Waals surface area (Å²) >= 11 is 6.22. The van der Waals surface area contributed by atoms with Crippen LogP contribution >= 0.6 is 11.6 Å². The van der Waals surface area contributed by atoms with Crippen molar-refractivity contribution in [1.29, 1.82) is 0 Å². The molecule has 0 aliphatic carbocycles. The van der Waals surface area contributed by atoms with Crippen LogP contribution in [0.15, 0.2) is 54.6 Å². The van der Waals surface area contributed by atoms with Gasteiger partial charge in [-0.25, -0.2) is 0 Å². The Hall–Kier alpha value is -1.88. The van der Waals surface area contributed by atoms with E-state index in [-0.39, 0.29) is 11.9 Å². The Kier molecular flexibility index (Phi) is 6.30. The second kappa shape index (κ2) is 8.67. The molecule has 1 fully saturated rings. The smallest absolute Gasteiger partial charge is 0.234 e. The minimum Gasteiger partial charge on any atom is -0.348 e. The first kappa shape index (κ1) is 18.9. The molecule has 0 radical (unpaired) electrons. The molecule has 1 heterocycles. The first-order valence-electron chi connectivity index (χ1n) is 9.09. The van der Waals surface area contributed by atoms with Crippen molar-refractivity contribution in [3.8, 4) is 0 Å². The van der Waals surface area contributed by atoms with E-state index >= 15 is 0 Å². The Balaban J connectivity index is 1.59. The van der Waals surface area contributed by atoms with Gasteiger partial charge in [-0.15, -0.1) is 0 Å². The van der Waals surface area contributed by atoms with Crippen LogP contribution in [0.2, 0.25) is 5.02 Å². The van der Waals surface area contributed by atoms with Crippen molar-refractivity contribution in [3.05, 3.63) is 70.7 Å². The Labute approximate surface area is 160 Å². The summed E-state index contributed by atoms with van der Waals surface area (Å²) in [5, 5.41) is 3.73. The standard InChI is InChI=1S/C21H26ClN3O/c1-15(18-9-5-6-10-20(18)22)24-21(26)14-25-12-17(11-23)19(13-25)16-7-3-2-4-8-16/h2-10,15,17,19H,11-14,23H2,1H3,(H,24,26)/t15?,17-,19+/m1/s1. The summed E-state index contributed by atoms with van der Waals surface area (Å²) in [6, 6.07) is 17.9. The van der Waals surface area contributed by atoms with Crippen molar-refractivity contribution >= 4 is 17.5 Å². The van der Waals surface area contributed by atoms with E-state index in [4.69, 9.17) is 17.3 Å². The summed E-state index contributed by atoms with van der Waals surface area (Å²) in [6.45, 7) is 4.69. The second-order valence-electron chi connectivity index (χ2n) is 7.02. The number of carbonyl (C=O) groups excluding carboxylic acids is 1. The van der Waals surface area contributed by atoms with Gasteiger partial charge in [0.05, 0.1) is 12.6 Å². The van der Waals surface area contributed by atoms with Crippen molar-refractivity contribution in [2.45, 2.75) is 18.9 Å². The molecule has 1 aliphatic heterocycles. The second-order valence-corrected chi connectivity index (χ2v) is 7.42. The third kappa shape index (κ3) is 4.44. The van der Waals surface area contributed by atoms with E-state index in [9.17, 15) is 4.79 Å². The van der Waals surface area contributed by atoms with Crippen LogP contribution in [0.1, 0.15) is 30.0 Å². The van der Waals surface area contributed by atoms with Gasteiger partial charge in [0, 0.05) is 24.0 Å². The van der Waals surface area contributed by atoms with Gasteiger partial charge in [0.25, 0.3) is 0 Å². The van der Waals surface area contributed by atoms with Crippen molar-refractivity contribution in [3.63, 3.8) is 0 Å². The lowest BCUT2D eigenvalue weighted by atomic mass is 9.89. The Morgan fingerprint density at radius 3 is 2.58 bits per heavy atom. The number of likely N-dealkylation sites (tertiary alicyclic amines) is 1. The van der Waals surface area contributed by atoms with Gasteiger partial charge in [0.15, 0.2) is 0 Å². The van der Waals surface area contributed by atoms with Gasteiger partial charge in [0.1, 0.15) is 0 Å². The molecule has 0 saturated carbocycles. The van der Waals surface area contributed by atoms with Crippen LogP contribution in [0.25, 0.3) is 0 Å². The molecule has 0 spiro atoms. The Morgan fingerprint density at radius 1 is 1.19 bits per heavy atom. The topological polar surface area (TPSA) is 58.4 Å². The molecule has 1 saturated heterocycles. The fourth-order valence-corrected chi connectivity index (χ4v) is 4.10. The van der Waals surface area contributed by atoms with Gasteiger partial charge < -0.3 is 11.1 Å². The molecule has 1 unspecified atom stereocenters. The van der Waals surface area contributed by atoms with Gasteiger partial charge in [-0.3, -0.25) is 9.69 Å². The number of hydrogen-bond donors (Lipinski definition) is 2. The zero-order valence-corrected chi connectivity index (χ0v) is 15.8. The quantitative estimate of drug-likeness (QED) is 0.819. The van der Waals surface area contributed by atoms with Crippen LogP contribution in [0, 0.1) is 5.92 Å². The highest BCUT2D eigenvalue weighted by molar-refractivity contribution is 6.31. The highest BCUT2D eigenvalue weighted by Gasteiger charge is 2.33. The lowest BCUT2D eigenvalue weighted by Crippen LogP contribution is -2.37. The SMILES string of the molecule is CC(NC(=O)CN1C[C@@H](CN)[C@H](c2ccccc2)C1)c1ccccc1Cl. The van der Waals surface area contributed by atoms with Crippen LogP contribution in [0.5, 0.6) is 0 Å². The number of nitrogens with one attached hydrogen (secondary N) is 1. The van der Waals surface area contributed by atoms with E-state index < -0.39 is 0 Å². The summed E-state index contributed by atoms with van der Waals surface area (Å²) in [4.78, 5) is 14.7. The predicted molar refractivity (Wildman–Crippen MR) is 106 cm³/mol. The maximum absolute atomic E-state index is 12.5. The van der Waals surface area contributed by atoms with E-state index in [1.54, 1.807) is 0 Å². The Bertz CT molecular complexity index is 737. The lowest BCUT2D eigenvalue weighted by molar-refractivity contribution is -0.122. The highest BCUT2D eigenvalue weighted by Crippen LogP contribution is 2.31. The fraction of sp³-hybridized carbons (Fsp3) is 0.381. The molecule has 3 atom stereocenters. The molecule has 1 aliphatic rings. The van der Waals surface area contributed by atoms with E-state index in [1.807, 2.05) is 37.3 Å². The summed E-state index contributed by atoms with van der Waals surface area (Å²) in [6.07, 6.45) is 0. The van der Waals surface area contributed by atoms with Gasteiger partial charge >= 0.3 is 0 Å². The number of rotatable bonds is 6. The first-order valence-corrected chi connectivity index (χ1v) is 9.47. The van der Waals surface area contributed by atoms with Gasteiger partial charge in [-0.05, 0) is 36.6 Å². The number of nitrogens with two attached hydrogens (primary N) is 1. The minimum atomic E-state index is -0.117. The van der Waals surface area contributed by atoms with E-state index in [2.05, 4.69) is 34.5 Å². The highest BCUT2D eigenvalue weighted by atomic mass is 35.5. The van der Waals surface area contributed by atoms with Crippen LogP contribution in [0.4, 0.5) is 0 Å². The van der Waals surface area contributed by atoms with Gasteiger partial charge in [-0.2, -0.15) is 0 Å². The monoisotopic (exact) mass is 371 g/mol. The molecule has 2 aromatic carbocycles. The van der Waals surface area contributed by atoms with E-state index in [0.717, 1.165) is 18.7 Å². The first-order chi connectivity index (χ1) is 12.6. The molecule has 138 valence electrons. The van der Waals surface area contributed by atoms with Crippen LogP contribution in [-0.2, 0) is 4.79 Å². The predicted octanol–water partition coefficient (Wildman–Crippen LogP) is 3.19. The molecular weight excluding hydrogens is 346 g/mol. The average Bonchev–Trinajstić information content (AvgIpc) is 3.05. The van der Waals surface area contributed by atoms with Crippen molar-refractivity contribution < 1.29 is 4.79 Å². The molecule has 0 bridgehead atoms. The molecule has 5 heteroatoms. The van der Waals surface area contributed by atoms with Crippen molar-refractivity contribution in [2.75, 3.05) is 26.2 Å². The minimum absolute atomic E-state index is 0.0157. The number of halogens is 1. The van der Waals surface area contributed by atoms with Gasteiger partial charge in [-0.1, -0.05) is 60.1 Å². The summed E-state index contributed by atoms with van der Waals surface area (Å²) < 4.78 is 0. The normalized spacial score (nSPS) is 21.5. The lowest BCUT2D eigenvalue weighted by Gasteiger charge is -2.19. The van der Waals surface area contributed by atoms with Crippen molar-refractivity contribution in [1.82, 2.24) is 10.2 Å². The summed E-state index contributed by atoms with van der Waals surface area (Å²) in [5.74, 6) is 0.781. The maximum Gasteiger partial charge on any atom is 0.234 e. The number of amides is 1. The maximum atomic E-state index is 12.5.